The molecule has 0 bridgehead atoms. The number of para-hydroxylation sites is 1. The van der Waals surface area contributed by atoms with Crippen LogP contribution < -0.4 is 16.0 Å². The molecular formula is C13H17F2N5O. The van der Waals surface area contributed by atoms with E-state index >= 15 is 0 Å². The fourth-order valence-corrected chi connectivity index (χ4v) is 1.40. The Morgan fingerprint density at radius 3 is 2.33 bits per heavy atom. The van der Waals surface area contributed by atoms with Crippen molar-refractivity contribution >= 4 is 23.4 Å². The summed E-state index contributed by atoms with van der Waals surface area (Å²) in [5, 5.41) is 13.5. The number of hydrogen-bond donors (Lipinski definition) is 4. The summed E-state index contributed by atoms with van der Waals surface area (Å²) in [4.78, 5) is 11.6. The lowest BCUT2D eigenvalue weighted by Gasteiger charge is -2.07. The number of nitrogens with one attached hydrogen (secondary N) is 4. The first-order valence-corrected chi connectivity index (χ1v) is 6.35. The normalized spacial score (nSPS) is 9.38. The quantitative estimate of drug-likeness (QED) is 0.701. The van der Waals surface area contributed by atoms with Crippen molar-refractivity contribution < 1.29 is 13.6 Å². The van der Waals surface area contributed by atoms with Crippen molar-refractivity contribution in [2.45, 2.75) is 13.8 Å². The third-order valence-corrected chi connectivity index (χ3v) is 2.28. The molecule has 0 radical (unpaired) electrons. The van der Waals surface area contributed by atoms with Gasteiger partial charge < -0.3 is 10.6 Å². The first-order valence-electron chi connectivity index (χ1n) is 6.35. The van der Waals surface area contributed by atoms with E-state index < -0.39 is 23.4 Å². The second-order valence-electron chi connectivity index (χ2n) is 3.59. The topological polar surface area (TPSA) is 81.8 Å². The Kier molecular flexibility index (Phi) is 6.12. The van der Waals surface area contributed by atoms with Gasteiger partial charge in [0.25, 0.3) is 0 Å². The van der Waals surface area contributed by atoms with Crippen LogP contribution >= 0.6 is 0 Å². The highest BCUT2D eigenvalue weighted by molar-refractivity contribution is 5.99. The third kappa shape index (κ3) is 4.44. The molecule has 8 heteroatoms. The number of aromatic nitrogens is 2. The van der Waals surface area contributed by atoms with E-state index in [-0.39, 0.29) is 0 Å². The van der Waals surface area contributed by atoms with Crippen molar-refractivity contribution in [1.82, 2.24) is 10.2 Å². The summed E-state index contributed by atoms with van der Waals surface area (Å²) in [6, 6.07) is 4.05. The fourth-order valence-electron chi connectivity index (χ4n) is 1.40. The molecule has 2 aromatic rings. The van der Waals surface area contributed by atoms with Crippen LogP contribution in [0.3, 0.4) is 0 Å². The molecule has 2 rings (SSSR count). The molecule has 21 heavy (non-hydrogen) atoms. The zero-order chi connectivity index (χ0) is 15.8. The van der Waals surface area contributed by atoms with Gasteiger partial charge in [0.05, 0.1) is 0 Å². The van der Waals surface area contributed by atoms with Crippen LogP contribution in [0.4, 0.5) is 30.9 Å². The first-order chi connectivity index (χ1) is 10.1. The third-order valence-electron chi connectivity index (χ3n) is 2.28. The highest BCUT2D eigenvalue weighted by Crippen LogP contribution is 2.18. The van der Waals surface area contributed by atoms with E-state index in [1.807, 2.05) is 13.8 Å². The van der Waals surface area contributed by atoms with Gasteiger partial charge in [-0.25, -0.2) is 13.6 Å². The van der Waals surface area contributed by atoms with Crippen molar-refractivity contribution in [2.24, 2.45) is 0 Å². The SMILES string of the molecule is CC.CNc1cc(NC(=O)Nc2c(F)cccc2F)[nH]n1. The maximum Gasteiger partial charge on any atom is 0.324 e. The molecule has 0 aliphatic heterocycles. The van der Waals surface area contributed by atoms with Crippen LogP contribution in [0.2, 0.25) is 0 Å². The molecule has 0 saturated carbocycles. The molecule has 0 aliphatic carbocycles. The Bertz CT molecular complexity index is 580. The number of carbonyl (C=O) groups is 1. The second kappa shape index (κ2) is 7.83. The standard InChI is InChI=1S/C11H11F2N5O.C2H6/c1-14-8-5-9(18-17-8)15-11(19)16-10-6(12)3-2-4-7(10)13;1-2/h2-5H,1H3,(H4,14,15,16,17,18,19);1-2H3. The van der Waals surface area contributed by atoms with Gasteiger partial charge in [-0.3, -0.25) is 10.4 Å². The molecule has 4 N–H and O–H groups in total. The fraction of sp³-hybridized carbons (Fsp3) is 0.231. The Labute approximate surface area is 120 Å². The van der Waals surface area contributed by atoms with Gasteiger partial charge in [-0.1, -0.05) is 19.9 Å². The summed E-state index contributed by atoms with van der Waals surface area (Å²) in [5.41, 5.74) is -0.506. The highest BCUT2D eigenvalue weighted by Gasteiger charge is 2.12. The average Bonchev–Trinajstić information content (AvgIpc) is 2.93. The molecule has 6 nitrogen and oxygen atoms in total. The van der Waals surface area contributed by atoms with Crippen LogP contribution in [0.15, 0.2) is 24.3 Å². The summed E-state index contributed by atoms with van der Waals surface area (Å²) in [6.45, 7) is 4.00. The number of halogens is 2. The van der Waals surface area contributed by atoms with Crippen LogP contribution in [0.5, 0.6) is 0 Å². The van der Waals surface area contributed by atoms with Gasteiger partial charge >= 0.3 is 6.03 Å². The van der Waals surface area contributed by atoms with Crippen molar-refractivity contribution in [1.29, 1.82) is 0 Å². The van der Waals surface area contributed by atoms with Crippen LogP contribution in [-0.2, 0) is 0 Å². The van der Waals surface area contributed by atoms with E-state index in [4.69, 9.17) is 0 Å². The van der Waals surface area contributed by atoms with E-state index in [1.54, 1.807) is 7.05 Å². The van der Waals surface area contributed by atoms with Crippen LogP contribution in [0, 0.1) is 11.6 Å². The molecule has 1 aromatic heterocycles. The summed E-state index contributed by atoms with van der Waals surface area (Å²) < 4.78 is 26.6. The number of benzene rings is 1. The summed E-state index contributed by atoms with van der Waals surface area (Å²) in [7, 11) is 1.66. The smallest absolute Gasteiger partial charge is 0.324 e. The number of amides is 2. The van der Waals surface area contributed by atoms with E-state index in [9.17, 15) is 13.6 Å². The molecular weight excluding hydrogens is 280 g/mol. The minimum atomic E-state index is -0.851. The average molecular weight is 297 g/mol. The molecule has 1 aromatic carbocycles. The predicted octanol–water partition coefficient (Wildman–Crippen LogP) is 3.40. The zero-order valence-corrected chi connectivity index (χ0v) is 11.9. The minimum Gasteiger partial charge on any atom is -0.372 e. The van der Waals surface area contributed by atoms with Crippen LogP contribution in [0.1, 0.15) is 13.8 Å². The molecule has 0 saturated heterocycles. The molecule has 0 spiro atoms. The van der Waals surface area contributed by atoms with Gasteiger partial charge in [-0.15, -0.1) is 0 Å². The van der Waals surface area contributed by atoms with Gasteiger partial charge in [-0.05, 0) is 12.1 Å². The Morgan fingerprint density at radius 2 is 1.81 bits per heavy atom. The molecule has 1 heterocycles. The van der Waals surface area contributed by atoms with E-state index in [2.05, 4.69) is 26.1 Å². The molecule has 2 amide bonds. The number of rotatable bonds is 3. The predicted molar refractivity (Wildman–Crippen MR) is 78.5 cm³/mol. The highest BCUT2D eigenvalue weighted by atomic mass is 19.1. The van der Waals surface area contributed by atoms with E-state index in [1.165, 1.54) is 12.1 Å². The summed E-state index contributed by atoms with van der Waals surface area (Å²) >= 11 is 0. The van der Waals surface area contributed by atoms with E-state index in [0.717, 1.165) is 12.1 Å². The zero-order valence-electron chi connectivity index (χ0n) is 11.9. The Morgan fingerprint density at radius 1 is 1.19 bits per heavy atom. The Balaban J connectivity index is 0.00000106. The summed E-state index contributed by atoms with van der Waals surface area (Å²) in [5.74, 6) is -0.891. The van der Waals surface area contributed by atoms with Gasteiger partial charge in [0.15, 0.2) is 0 Å². The van der Waals surface area contributed by atoms with E-state index in [0.29, 0.717) is 11.6 Å². The second-order valence-corrected chi connectivity index (χ2v) is 3.59. The van der Waals surface area contributed by atoms with Gasteiger partial charge in [0, 0.05) is 13.1 Å². The maximum absolute atomic E-state index is 13.3. The van der Waals surface area contributed by atoms with Crippen molar-refractivity contribution in [3.8, 4) is 0 Å². The van der Waals surface area contributed by atoms with Crippen LogP contribution in [0.25, 0.3) is 0 Å². The maximum atomic E-state index is 13.3. The number of urea groups is 1. The number of nitrogens with zero attached hydrogens (tertiary/aromatic N) is 1. The number of hydrogen-bond acceptors (Lipinski definition) is 3. The van der Waals surface area contributed by atoms with Gasteiger partial charge in [-0.2, -0.15) is 5.10 Å². The van der Waals surface area contributed by atoms with Crippen LogP contribution in [-0.4, -0.2) is 23.3 Å². The molecule has 114 valence electrons. The van der Waals surface area contributed by atoms with Gasteiger partial charge in [0.1, 0.15) is 29.0 Å². The molecule has 0 fully saturated rings. The number of H-pyrrole nitrogens is 1. The number of aromatic amines is 1. The monoisotopic (exact) mass is 297 g/mol. The molecule has 0 atom stereocenters. The first kappa shape index (κ1) is 16.4. The van der Waals surface area contributed by atoms with Crippen molar-refractivity contribution in [3.63, 3.8) is 0 Å². The number of anilines is 3. The lowest BCUT2D eigenvalue weighted by atomic mass is 10.3. The van der Waals surface area contributed by atoms with Gasteiger partial charge in [0.2, 0.25) is 0 Å². The summed E-state index contributed by atoms with van der Waals surface area (Å²) in [6.07, 6.45) is 0. The largest absolute Gasteiger partial charge is 0.372 e. The van der Waals surface area contributed by atoms with Crippen molar-refractivity contribution in [3.05, 3.63) is 35.9 Å². The lowest BCUT2D eigenvalue weighted by molar-refractivity contribution is 0.262. The molecule has 0 aliphatic rings. The minimum absolute atomic E-state index is 0.290. The Hall–Kier alpha value is -2.64. The molecule has 0 unspecified atom stereocenters. The number of carbonyl (C=O) groups excluding carboxylic acids is 1. The van der Waals surface area contributed by atoms with Crippen molar-refractivity contribution in [2.75, 3.05) is 23.0 Å². The lowest BCUT2D eigenvalue weighted by Crippen LogP contribution is -2.21.